The van der Waals surface area contributed by atoms with Gasteiger partial charge in [-0.3, -0.25) is 4.29 Å². The van der Waals surface area contributed by atoms with E-state index in [-0.39, 0.29) is 0 Å². The third-order valence-electron chi connectivity index (χ3n) is 4.46. The van der Waals surface area contributed by atoms with E-state index in [4.69, 9.17) is 16.5 Å². The summed E-state index contributed by atoms with van der Waals surface area (Å²) in [6.07, 6.45) is 0. The molecule has 27 heavy (non-hydrogen) atoms. The first-order chi connectivity index (χ1) is 13.0. The van der Waals surface area contributed by atoms with Gasteiger partial charge in [0.25, 0.3) is 0 Å². The molecule has 138 valence electrons. The fourth-order valence-corrected chi connectivity index (χ4v) is 3.05. The number of rotatable bonds is 1. The van der Waals surface area contributed by atoms with Crippen molar-refractivity contribution < 1.29 is 8.86 Å². The minimum Gasteiger partial charge on any atom is -0.398 e. The molecule has 0 radical (unpaired) electrons. The molecule has 0 fully saturated rings. The zero-order chi connectivity index (χ0) is 19.6. The number of fused-ring (bicyclic) bond motifs is 2. The summed E-state index contributed by atoms with van der Waals surface area (Å²) >= 11 is 4.50. The van der Waals surface area contributed by atoms with Gasteiger partial charge in [-0.25, -0.2) is 4.98 Å². The highest BCUT2D eigenvalue weighted by Crippen LogP contribution is 2.24. The standard InChI is InChI=1S/C20H18N4.CH3ClO/c1-12-8-17-19(10-15(12)21)24(14-6-4-3-5-7-14)20-11-16(22)13(2)9-18(20)23-17;1-3-2/h3-11H,1-2H3,(H3,21,22);1H3/p+1. The first-order valence-corrected chi connectivity index (χ1v) is 8.79. The molecule has 3 aromatic carbocycles. The number of nitrogens with two attached hydrogens (primary N) is 2. The summed E-state index contributed by atoms with van der Waals surface area (Å²) in [5.41, 5.74) is 20.7. The molecule has 0 amide bonds. The van der Waals surface area contributed by atoms with Crippen molar-refractivity contribution in [2.75, 3.05) is 18.6 Å². The van der Waals surface area contributed by atoms with Gasteiger partial charge in [-0.15, -0.1) is 4.57 Å². The lowest BCUT2D eigenvalue weighted by Gasteiger charge is -2.09. The number of aryl methyl sites for hydroxylation is 2. The first kappa shape index (κ1) is 18.9. The smallest absolute Gasteiger partial charge is 0.239 e. The van der Waals surface area contributed by atoms with Gasteiger partial charge in [-0.05, 0) is 37.1 Å². The minimum absolute atomic E-state index is 0.758. The molecule has 0 spiro atoms. The van der Waals surface area contributed by atoms with Crippen LogP contribution < -0.4 is 16.0 Å². The molecule has 0 saturated carbocycles. The van der Waals surface area contributed by atoms with Crippen LogP contribution in [0, 0.1) is 13.8 Å². The lowest BCUT2D eigenvalue weighted by molar-refractivity contribution is -0.538. The van der Waals surface area contributed by atoms with Gasteiger partial charge in [0.05, 0.1) is 19.0 Å². The maximum atomic E-state index is 6.17. The number of para-hydroxylation sites is 1. The van der Waals surface area contributed by atoms with E-state index in [0.29, 0.717) is 0 Å². The number of halogens is 1. The van der Waals surface area contributed by atoms with E-state index < -0.39 is 0 Å². The fraction of sp³-hybridized carbons (Fsp3) is 0.143. The molecule has 5 nitrogen and oxygen atoms in total. The second-order valence-electron chi connectivity index (χ2n) is 6.33. The summed E-state index contributed by atoms with van der Waals surface area (Å²) in [5.74, 6) is 0. The fourth-order valence-electron chi connectivity index (χ4n) is 3.05. The third kappa shape index (κ3) is 3.65. The van der Waals surface area contributed by atoms with Crippen molar-refractivity contribution in [1.82, 2.24) is 4.98 Å². The largest absolute Gasteiger partial charge is 0.398 e. The van der Waals surface area contributed by atoms with Gasteiger partial charge < -0.3 is 11.5 Å². The average Bonchev–Trinajstić information content (AvgIpc) is 2.64. The Morgan fingerprint density at radius 2 is 1.30 bits per heavy atom. The molecular weight excluding hydrogens is 360 g/mol. The van der Waals surface area contributed by atoms with E-state index in [1.54, 1.807) is 0 Å². The highest BCUT2D eigenvalue weighted by molar-refractivity contribution is 6.07. The van der Waals surface area contributed by atoms with Crippen molar-refractivity contribution in [3.05, 3.63) is 65.7 Å². The van der Waals surface area contributed by atoms with Crippen LogP contribution in [-0.2, 0) is 4.29 Å². The van der Waals surface area contributed by atoms with E-state index in [2.05, 4.69) is 32.9 Å². The maximum Gasteiger partial charge on any atom is 0.239 e. The van der Waals surface area contributed by atoms with Crippen LogP contribution in [0.5, 0.6) is 0 Å². The van der Waals surface area contributed by atoms with Crippen molar-refractivity contribution in [1.29, 1.82) is 0 Å². The number of aromatic nitrogens is 2. The van der Waals surface area contributed by atoms with E-state index >= 15 is 0 Å². The summed E-state index contributed by atoms with van der Waals surface area (Å²) < 4.78 is 5.89. The van der Waals surface area contributed by atoms with Crippen LogP contribution in [0.25, 0.3) is 27.8 Å². The predicted molar refractivity (Wildman–Crippen MR) is 112 cm³/mol. The summed E-state index contributed by atoms with van der Waals surface area (Å²) in [4.78, 5) is 4.84. The van der Waals surface area contributed by atoms with Gasteiger partial charge >= 0.3 is 0 Å². The summed E-state index contributed by atoms with van der Waals surface area (Å²) in [7, 11) is 1.39. The third-order valence-corrected chi connectivity index (χ3v) is 4.46. The Morgan fingerprint density at radius 3 is 1.74 bits per heavy atom. The van der Waals surface area contributed by atoms with Gasteiger partial charge in [-0.2, -0.15) is 0 Å². The van der Waals surface area contributed by atoms with Crippen molar-refractivity contribution in [3.8, 4) is 5.69 Å². The highest BCUT2D eigenvalue weighted by Gasteiger charge is 2.21. The molecule has 1 aromatic heterocycles. The number of anilines is 2. The molecule has 4 rings (SSSR count). The molecule has 0 aliphatic rings. The Bertz CT molecular complexity index is 1050. The topological polar surface area (TPSA) is 78.0 Å². The normalized spacial score (nSPS) is 10.7. The van der Waals surface area contributed by atoms with Gasteiger partial charge in [0.15, 0.2) is 0 Å². The van der Waals surface area contributed by atoms with Gasteiger partial charge in [0.2, 0.25) is 16.7 Å². The van der Waals surface area contributed by atoms with Gasteiger partial charge in [0.1, 0.15) is 11.0 Å². The minimum atomic E-state index is 0.758. The summed E-state index contributed by atoms with van der Waals surface area (Å²) in [5, 5.41) is 0. The van der Waals surface area contributed by atoms with Crippen LogP contribution in [0.3, 0.4) is 0 Å². The van der Waals surface area contributed by atoms with Crippen molar-refractivity contribution in [2.45, 2.75) is 13.8 Å². The maximum absolute atomic E-state index is 6.17. The van der Waals surface area contributed by atoms with E-state index in [1.165, 1.54) is 7.11 Å². The summed E-state index contributed by atoms with van der Waals surface area (Å²) in [6.45, 7) is 4.00. The second-order valence-corrected chi connectivity index (χ2v) is 6.64. The zero-order valence-electron chi connectivity index (χ0n) is 15.5. The SMILES string of the molecule is COCl.Cc1cc2nc3cc(C)c(N)cc3[n+](-c3ccccc3)c2cc1N. The van der Waals surface area contributed by atoms with Crippen LogP contribution in [0.4, 0.5) is 11.4 Å². The Morgan fingerprint density at radius 1 is 0.852 bits per heavy atom. The molecule has 1 heterocycles. The monoisotopic (exact) mass is 381 g/mol. The Balaban J connectivity index is 0.000000659. The van der Waals surface area contributed by atoms with Crippen LogP contribution >= 0.6 is 11.9 Å². The second kappa shape index (κ2) is 7.78. The molecule has 0 unspecified atom stereocenters. The average molecular weight is 382 g/mol. The van der Waals surface area contributed by atoms with Crippen LogP contribution in [0.2, 0.25) is 0 Å². The molecule has 0 atom stereocenters. The molecule has 6 heteroatoms. The van der Waals surface area contributed by atoms with E-state index in [1.807, 2.05) is 56.3 Å². The lowest BCUT2D eigenvalue weighted by Crippen LogP contribution is -2.33. The quantitative estimate of drug-likeness (QED) is 0.294. The zero-order valence-corrected chi connectivity index (χ0v) is 16.3. The van der Waals surface area contributed by atoms with E-state index in [0.717, 1.165) is 50.3 Å². The molecule has 4 N–H and O–H groups in total. The lowest BCUT2D eigenvalue weighted by atomic mass is 10.1. The Hall–Kier alpha value is -2.89. The Kier molecular flexibility index (Phi) is 5.44. The molecule has 0 saturated heterocycles. The van der Waals surface area contributed by atoms with E-state index in [9.17, 15) is 0 Å². The highest BCUT2D eigenvalue weighted by atomic mass is 35.5. The van der Waals surface area contributed by atoms with Crippen LogP contribution in [0.15, 0.2) is 54.6 Å². The van der Waals surface area contributed by atoms with Crippen molar-refractivity contribution in [2.24, 2.45) is 0 Å². The molecule has 0 aliphatic heterocycles. The number of hydrogen-bond acceptors (Lipinski definition) is 4. The van der Waals surface area contributed by atoms with Gasteiger partial charge in [0, 0.05) is 35.6 Å². The predicted octanol–water partition coefficient (Wildman–Crippen LogP) is 4.23. The molecule has 0 aliphatic carbocycles. The molecule has 0 bridgehead atoms. The van der Waals surface area contributed by atoms with Gasteiger partial charge in [-0.1, -0.05) is 18.2 Å². The van der Waals surface area contributed by atoms with Crippen LogP contribution in [-0.4, -0.2) is 12.1 Å². The number of nitrogen functional groups attached to an aromatic ring is 2. The number of benzene rings is 3. The first-order valence-electron chi connectivity index (χ1n) is 8.48. The molecule has 4 aromatic rings. The van der Waals surface area contributed by atoms with Crippen molar-refractivity contribution in [3.63, 3.8) is 0 Å². The summed E-state index contributed by atoms with van der Waals surface area (Å²) in [6, 6.07) is 18.2. The number of hydrogen-bond donors (Lipinski definition) is 2. The molecular formula is C21H22ClN4O+. The van der Waals surface area contributed by atoms with Crippen molar-refractivity contribution >= 4 is 45.3 Å². The number of nitrogens with zero attached hydrogens (tertiary/aromatic N) is 2. The van der Waals surface area contributed by atoms with Crippen LogP contribution in [0.1, 0.15) is 11.1 Å². The Labute approximate surface area is 163 Å².